The van der Waals surface area contributed by atoms with E-state index in [1.54, 1.807) is 0 Å². The van der Waals surface area contributed by atoms with Gasteiger partial charge in [0.15, 0.2) is 0 Å². The monoisotopic (exact) mass is 114 g/mol. The van der Waals surface area contributed by atoms with Crippen LogP contribution in [0.5, 0.6) is 0 Å². The molecular formula is C7H7LiO. The van der Waals surface area contributed by atoms with Crippen molar-refractivity contribution in [1.29, 1.82) is 0 Å². The molecule has 0 N–H and O–H groups in total. The minimum atomic E-state index is -0.110. The van der Waals surface area contributed by atoms with Crippen LogP contribution in [-0.2, 0) is 6.61 Å². The third-order valence-electron chi connectivity index (χ3n) is 1.01. The third kappa shape index (κ3) is 2.72. The second kappa shape index (κ2) is 4.64. The van der Waals surface area contributed by atoms with E-state index in [-0.39, 0.29) is 25.5 Å². The van der Waals surface area contributed by atoms with Gasteiger partial charge in [-0.25, -0.2) is 0 Å². The second-order valence-corrected chi connectivity index (χ2v) is 1.63. The molecule has 9 heavy (non-hydrogen) atoms. The largest absolute Gasteiger partial charge is 1.00 e. The first-order valence-corrected chi connectivity index (χ1v) is 2.55. The molecule has 0 saturated carbocycles. The van der Waals surface area contributed by atoms with Crippen molar-refractivity contribution in [2.45, 2.75) is 6.61 Å². The predicted molar refractivity (Wildman–Crippen MR) is 30.1 cm³/mol. The Morgan fingerprint density at radius 1 is 1.11 bits per heavy atom. The second-order valence-electron chi connectivity index (χ2n) is 1.63. The van der Waals surface area contributed by atoms with E-state index in [1.165, 1.54) is 0 Å². The molecule has 0 bridgehead atoms. The zero-order chi connectivity index (χ0) is 5.82. The van der Waals surface area contributed by atoms with E-state index in [9.17, 15) is 5.11 Å². The fourth-order valence-electron chi connectivity index (χ4n) is 0.574. The van der Waals surface area contributed by atoms with Gasteiger partial charge in [-0.1, -0.05) is 35.9 Å². The van der Waals surface area contributed by atoms with Gasteiger partial charge in [-0.15, -0.1) is 6.61 Å². The van der Waals surface area contributed by atoms with Gasteiger partial charge in [0.2, 0.25) is 0 Å². The molecule has 0 saturated heterocycles. The summed E-state index contributed by atoms with van der Waals surface area (Å²) >= 11 is 0. The van der Waals surface area contributed by atoms with Crippen molar-refractivity contribution in [3.05, 3.63) is 35.9 Å². The van der Waals surface area contributed by atoms with Gasteiger partial charge in [0.05, 0.1) is 0 Å². The summed E-state index contributed by atoms with van der Waals surface area (Å²) in [5.74, 6) is 0. The zero-order valence-corrected chi connectivity index (χ0v) is 5.50. The van der Waals surface area contributed by atoms with Crippen molar-refractivity contribution >= 4 is 0 Å². The first-order chi connectivity index (χ1) is 3.93. The molecule has 1 aromatic rings. The number of rotatable bonds is 1. The van der Waals surface area contributed by atoms with Crippen LogP contribution >= 0.6 is 0 Å². The molecule has 0 spiro atoms. The molecule has 0 aliphatic rings. The summed E-state index contributed by atoms with van der Waals surface area (Å²) in [7, 11) is 0. The van der Waals surface area contributed by atoms with E-state index in [0.717, 1.165) is 5.56 Å². The van der Waals surface area contributed by atoms with Gasteiger partial charge in [0.1, 0.15) is 0 Å². The summed E-state index contributed by atoms with van der Waals surface area (Å²) in [6.07, 6.45) is 0. The molecule has 0 amide bonds. The Hall–Kier alpha value is -0.223. The van der Waals surface area contributed by atoms with Crippen LogP contribution in [0.4, 0.5) is 0 Å². The van der Waals surface area contributed by atoms with Gasteiger partial charge in [-0.05, 0) is 0 Å². The summed E-state index contributed by atoms with van der Waals surface area (Å²) in [5.41, 5.74) is 0.854. The quantitative estimate of drug-likeness (QED) is 0.372. The van der Waals surface area contributed by atoms with Crippen molar-refractivity contribution in [2.75, 3.05) is 0 Å². The molecule has 0 fully saturated rings. The Balaban J connectivity index is 0.000000640. The normalized spacial score (nSPS) is 8.11. The summed E-state index contributed by atoms with van der Waals surface area (Å²) in [6, 6.07) is 9.29. The molecule has 1 nitrogen and oxygen atoms in total. The fraction of sp³-hybridized carbons (Fsp3) is 0.143. The van der Waals surface area contributed by atoms with Gasteiger partial charge < -0.3 is 5.11 Å². The third-order valence-corrected chi connectivity index (χ3v) is 1.01. The molecule has 0 aromatic heterocycles. The van der Waals surface area contributed by atoms with E-state index in [0.29, 0.717) is 0 Å². The number of hydrogen-bond acceptors (Lipinski definition) is 1. The smallest absolute Gasteiger partial charge is 0.851 e. The first kappa shape index (κ1) is 8.78. The molecule has 0 radical (unpaired) electrons. The average Bonchev–Trinajstić information content (AvgIpc) is 1.90. The molecule has 0 unspecified atom stereocenters. The van der Waals surface area contributed by atoms with Crippen LogP contribution in [0.3, 0.4) is 0 Å². The first-order valence-electron chi connectivity index (χ1n) is 2.55. The molecule has 0 atom stereocenters. The Bertz CT molecular complexity index is 150. The standard InChI is InChI=1S/C7H7O.Li/c8-6-7-4-2-1-3-5-7;/h1-5H,6H2;/q-1;+1. The summed E-state index contributed by atoms with van der Waals surface area (Å²) in [4.78, 5) is 0. The van der Waals surface area contributed by atoms with Crippen LogP contribution in [-0.4, -0.2) is 0 Å². The van der Waals surface area contributed by atoms with E-state index in [2.05, 4.69) is 0 Å². The van der Waals surface area contributed by atoms with Gasteiger partial charge in [0, 0.05) is 0 Å². The van der Waals surface area contributed by atoms with E-state index in [1.807, 2.05) is 30.3 Å². The molecule has 1 rings (SSSR count). The Morgan fingerprint density at radius 3 is 2.00 bits per heavy atom. The minimum Gasteiger partial charge on any atom is -0.851 e. The van der Waals surface area contributed by atoms with Crippen molar-refractivity contribution < 1.29 is 24.0 Å². The SMILES string of the molecule is [Li+].[O-]Cc1ccccc1. The van der Waals surface area contributed by atoms with Crippen LogP contribution in [0.2, 0.25) is 0 Å². The zero-order valence-electron chi connectivity index (χ0n) is 5.50. The van der Waals surface area contributed by atoms with E-state index < -0.39 is 0 Å². The van der Waals surface area contributed by atoms with Crippen LogP contribution < -0.4 is 24.0 Å². The van der Waals surface area contributed by atoms with Gasteiger partial charge in [-0.3, -0.25) is 0 Å². The maximum atomic E-state index is 10.1. The van der Waals surface area contributed by atoms with Crippen molar-refractivity contribution in [3.8, 4) is 0 Å². The average molecular weight is 114 g/mol. The molecule has 0 heterocycles. The number of hydrogen-bond donors (Lipinski definition) is 0. The molecule has 2 heteroatoms. The Kier molecular flexibility index (Phi) is 4.52. The van der Waals surface area contributed by atoms with Crippen LogP contribution in [0, 0.1) is 0 Å². The van der Waals surface area contributed by atoms with Gasteiger partial charge in [0.25, 0.3) is 0 Å². The van der Waals surface area contributed by atoms with Gasteiger partial charge in [-0.2, -0.15) is 0 Å². The minimum absolute atomic E-state index is 0. The number of benzene rings is 1. The summed E-state index contributed by atoms with van der Waals surface area (Å²) in [6.45, 7) is -0.110. The van der Waals surface area contributed by atoms with E-state index >= 15 is 0 Å². The molecule has 0 aliphatic heterocycles. The van der Waals surface area contributed by atoms with Gasteiger partial charge >= 0.3 is 18.9 Å². The summed E-state index contributed by atoms with van der Waals surface area (Å²) in [5, 5.41) is 10.1. The van der Waals surface area contributed by atoms with Crippen LogP contribution in [0.15, 0.2) is 30.3 Å². The Labute approximate surface area is 66.9 Å². The molecule has 0 aliphatic carbocycles. The summed E-state index contributed by atoms with van der Waals surface area (Å²) < 4.78 is 0. The van der Waals surface area contributed by atoms with Crippen LogP contribution in [0.1, 0.15) is 5.56 Å². The molecular weight excluding hydrogens is 107 g/mol. The Morgan fingerprint density at radius 2 is 1.67 bits per heavy atom. The van der Waals surface area contributed by atoms with Crippen molar-refractivity contribution in [2.24, 2.45) is 0 Å². The van der Waals surface area contributed by atoms with Crippen LogP contribution in [0.25, 0.3) is 0 Å². The maximum Gasteiger partial charge on any atom is 1.00 e. The fourth-order valence-corrected chi connectivity index (χ4v) is 0.574. The predicted octanol–water partition coefficient (Wildman–Crippen LogP) is -2.45. The molecule has 1 aromatic carbocycles. The van der Waals surface area contributed by atoms with Crippen molar-refractivity contribution in [3.63, 3.8) is 0 Å². The molecule has 42 valence electrons. The topological polar surface area (TPSA) is 23.1 Å². The maximum absolute atomic E-state index is 10.1. The van der Waals surface area contributed by atoms with Crippen molar-refractivity contribution in [1.82, 2.24) is 0 Å². The van der Waals surface area contributed by atoms with E-state index in [4.69, 9.17) is 0 Å².